The van der Waals surface area contributed by atoms with Crippen LogP contribution in [0.25, 0.3) is 0 Å². The van der Waals surface area contributed by atoms with Crippen molar-refractivity contribution in [2.75, 3.05) is 6.26 Å². The van der Waals surface area contributed by atoms with E-state index in [1.165, 1.54) is 0 Å². The van der Waals surface area contributed by atoms with Crippen LogP contribution in [0.1, 0.15) is 5.69 Å². The molecule has 8 heteroatoms. The minimum absolute atomic E-state index is 0.0696. The topological polar surface area (TPSA) is 94.6 Å². The van der Waals surface area contributed by atoms with Crippen LogP contribution in [0, 0.1) is 0 Å². The summed E-state index contributed by atoms with van der Waals surface area (Å²) in [5, 5.41) is 0. The van der Waals surface area contributed by atoms with Crippen molar-refractivity contribution in [3.05, 3.63) is 30.1 Å². The molecular weight excluding hydrogens is 236 g/mol. The van der Waals surface area contributed by atoms with E-state index in [0.717, 1.165) is 6.26 Å². The summed E-state index contributed by atoms with van der Waals surface area (Å²) in [6.45, 7) is -0.0696. The lowest BCUT2D eigenvalue weighted by Gasteiger charge is -2.04. The molecule has 1 rings (SSSR count). The number of aromatic nitrogens is 1. The second kappa shape index (κ2) is 5.42. The third kappa shape index (κ3) is 5.27. The Hall–Kier alpha value is -1.67. The number of rotatable bonds is 4. The molecule has 0 saturated heterocycles. The van der Waals surface area contributed by atoms with Gasteiger partial charge in [-0.15, -0.1) is 4.28 Å². The SMILES string of the molecule is CS(=O)(=O)ONC(=O)OCc1ccccn1. The highest BCUT2D eigenvalue weighted by Crippen LogP contribution is 1.96. The van der Waals surface area contributed by atoms with E-state index < -0.39 is 16.2 Å². The van der Waals surface area contributed by atoms with Crippen molar-refractivity contribution in [2.24, 2.45) is 0 Å². The summed E-state index contributed by atoms with van der Waals surface area (Å²) < 4.78 is 29.6. The number of pyridine rings is 1. The van der Waals surface area contributed by atoms with E-state index in [1.54, 1.807) is 29.9 Å². The summed E-state index contributed by atoms with van der Waals surface area (Å²) >= 11 is 0. The normalized spacial score (nSPS) is 10.8. The van der Waals surface area contributed by atoms with Crippen LogP contribution in [0.4, 0.5) is 4.79 Å². The van der Waals surface area contributed by atoms with Crippen LogP contribution in [-0.2, 0) is 25.7 Å². The monoisotopic (exact) mass is 246 g/mol. The Kier molecular flexibility index (Phi) is 4.20. The Balaban J connectivity index is 2.31. The van der Waals surface area contributed by atoms with Crippen LogP contribution in [0.15, 0.2) is 24.4 Å². The van der Waals surface area contributed by atoms with Crippen LogP contribution in [0.3, 0.4) is 0 Å². The van der Waals surface area contributed by atoms with Gasteiger partial charge in [-0.25, -0.2) is 4.79 Å². The molecule has 0 unspecified atom stereocenters. The van der Waals surface area contributed by atoms with Crippen molar-refractivity contribution >= 4 is 16.2 Å². The van der Waals surface area contributed by atoms with E-state index >= 15 is 0 Å². The number of hydrogen-bond acceptors (Lipinski definition) is 6. The lowest BCUT2D eigenvalue weighted by molar-refractivity contribution is 0.0966. The Morgan fingerprint density at radius 1 is 1.50 bits per heavy atom. The summed E-state index contributed by atoms with van der Waals surface area (Å²) in [5.41, 5.74) is 2.15. The van der Waals surface area contributed by atoms with Crippen LogP contribution in [-0.4, -0.2) is 25.8 Å². The molecule has 1 aromatic heterocycles. The molecule has 0 saturated carbocycles. The zero-order valence-corrected chi connectivity index (χ0v) is 9.23. The van der Waals surface area contributed by atoms with Gasteiger partial charge in [-0.1, -0.05) is 6.07 Å². The lowest BCUT2D eigenvalue weighted by atomic mass is 10.4. The number of nitrogens with zero attached hydrogens (tertiary/aromatic N) is 1. The summed E-state index contributed by atoms with van der Waals surface area (Å²) in [6, 6.07) is 5.11. The van der Waals surface area contributed by atoms with Gasteiger partial charge < -0.3 is 4.74 Å². The van der Waals surface area contributed by atoms with Gasteiger partial charge in [0.15, 0.2) is 0 Å². The van der Waals surface area contributed by atoms with Crippen molar-refractivity contribution in [3.8, 4) is 0 Å². The number of nitrogens with one attached hydrogen (secondary N) is 1. The summed E-state index contributed by atoms with van der Waals surface area (Å²) in [7, 11) is -3.73. The van der Waals surface area contributed by atoms with Gasteiger partial charge in [0.25, 0.3) is 10.1 Å². The highest BCUT2D eigenvalue weighted by molar-refractivity contribution is 7.85. The van der Waals surface area contributed by atoms with E-state index in [9.17, 15) is 13.2 Å². The van der Waals surface area contributed by atoms with Gasteiger partial charge in [-0.3, -0.25) is 4.98 Å². The van der Waals surface area contributed by atoms with Gasteiger partial charge in [0.2, 0.25) is 0 Å². The van der Waals surface area contributed by atoms with Gasteiger partial charge in [0, 0.05) is 6.20 Å². The van der Waals surface area contributed by atoms with Crippen molar-refractivity contribution in [2.45, 2.75) is 6.61 Å². The number of ether oxygens (including phenoxy) is 1. The summed E-state index contributed by atoms with van der Waals surface area (Å²) in [6.07, 6.45) is 1.34. The maximum absolute atomic E-state index is 10.9. The predicted octanol–water partition coefficient (Wildman–Crippen LogP) is 0.199. The molecule has 1 aromatic rings. The van der Waals surface area contributed by atoms with E-state index in [-0.39, 0.29) is 6.61 Å². The molecule has 88 valence electrons. The van der Waals surface area contributed by atoms with Gasteiger partial charge in [0.05, 0.1) is 11.9 Å². The molecule has 16 heavy (non-hydrogen) atoms. The molecule has 1 amide bonds. The fourth-order valence-corrected chi connectivity index (χ4v) is 0.982. The summed E-state index contributed by atoms with van der Waals surface area (Å²) in [4.78, 5) is 14.8. The average Bonchev–Trinajstić information content (AvgIpc) is 2.24. The fourth-order valence-electron chi connectivity index (χ4n) is 0.762. The molecule has 0 spiro atoms. The fraction of sp³-hybridized carbons (Fsp3) is 0.250. The molecule has 0 aromatic carbocycles. The average molecular weight is 246 g/mol. The van der Waals surface area contributed by atoms with E-state index in [1.807, 2.05) is 0 Å². The van der Waals surface area contributed by atoms with Gasteiger partial charge in [-0.05, 0) is 12.1 Å². The second-order valence-electron chi connectivity index (χ2n) is 2.79. The molecule has 0 radical (unpaired) electrons. The Morgan fingerprint density at radius 2 is 2.25 bits per heavy atom. The van der Waals surface area contributed by atoms with Crippen LogP contribution in [0.5, 0.6) is 0 Å². The molecule has 0 fully saturated rings. The summed E-state index contributed by atoms with van der Waals surface area (Å²) in [5.74, 6) is 0. The maximum atomic E-state index is 10.9. The van der Waals surface area contributed by atoms with Crippen molar-refractivity contribution in [1.82, 2.24) is 10.5 Å². The number of hydrogen-bond donors (Lipinski definition) is 1. The smallest absolute Gasteiger partial charge is 0.432 e. The van der Waals surface area contributed by atoms with Crippen LogP contribution >= 0.6 is 0 Å². The third-order valence-electron chi connectivity index (χ3n) is 1.35. The number of carbonyl (C=O) groups excluding carboxylic acids is 1. The van der Waals surface area contributed by atoms with Crippen molar-refractivity contribution < 1.29 is 22.2 Å². The Labute approximate surface area is 92.5 Å². The highest BCUT2D eigenvalue weighted by atomic mass is 32.2. The minimum Gasteiger partial charge on any atom is -0.442 e. The van der Waals surface area contributed by atoms with E-state index in [2.05, 4.69) is 14.0 Å². The zero-order valence-electron chi connectivity index (χ0n) is 8.41. The second-order valence-corrected chi connectivity index (χ2v) is 4.36. The largest absolute Gasteiger partial charge is 0.442 e. The van der Waals surface area contributed by atoms with E-state index in [4.69, 9.17) is 0 Å². The molecule has 0 aliphatic carbocycles. The highest BCUT2D eigenvalue weighted by Gasteiger charge is 2.07. The number of amides is 1. The first kappa shape index (κ1) is 12.4. The molecule has 7 nitrogen and oxygen atoms in total. The van der Waals surface area contributed by atoms with Gasteiger partial charge in [0.1, 0.15) is 6.61 Å². The number of hydroxylamine groups is 1. The first-order chi connectivity index (χ1) is 7.47. The standard InChI is InChI=1S/C8H10N2O5S/c1-16(12,13)15-10-8(11)14-6-7-4-2-3-5-9-7/h2-5H,6H2,1H3,(H,10,11). The van der Waals surface area contributed by atoms with Crippen molar-refractivity contribution in [3.63, 3.8) is 0 Å². The van der Waals surface area contributed by atoms with Crippen molar-refractivity contribution in [1.29, 1.82) is 0 Å². The molecule has 0 atom stereocenters. The minimum atomic E-state index is -3.73. The first-order valence-electron chi connectivity index (χ1n) is 4.18. The quantitative estimate of drug-likeness (QED) is 0.762. The Bertz CT molecular complexity index is 445. The zero-order chi connectivity index (χ0) is 12.0. The maximum Gasteiger partial charge on any atom is 0.432 e. The third-order valence-corrected chi connectivity index (χ3v) is 1.74. The predicted molar refractivity (Wildman–Crippen MR) is 53.5 cm³/mol. The molecule has 0 aliphatic rings. The lowest BCUT2D eigenvalue weighted by Crippen LogP contribution is -2.27. The van der Waals surface area contributed by atoms with Gasteiger partial charge >= 0.3 is 6.09 Å². The van der Waals surface area contributed by atoms with Crippen LogP contribution < -0.4 is 5.48 Å². The number of carbonyl (C=O) groups is 1. The molecule has 1 N–H and O–H groups in total. The van der Waals surface area contributed by atoms with E-state index in [0.29, 0.717) is 5.69 Å². The van der Waals surface area contributed by atoms with Gasteiger partial charge in [-0.2, -0.15) is 13.9 Å². The molecule has 1 heterocycles. The Morgan fingerprint density at radius 3 is 2.81 bits per heavy atom. The molecular formula is C8H10N2O5S. The molecule has 0 bridgehead atoms. The first-order valence-corrected chi connectivity index (χ1v) is 6.00. The molecule has 0 aliphatic heterocycles. The van der Waals surface area contributed by atoms with Crippen LogP contribution in [0.2, 0.25) is 0 Å².